The van der Waals surface area contributed by atoms with Crippen molar-refractivity contribution in [1.29, 1.82) is 0 Å². The van der Waals surface area contributed by atoms with Gasteiger partial charge >= 0.3 is 23.9 Å². The Hall–Kier alpha value is -2.32. The minimum atomic E-state index is -0.654. The SMILES string of the molecule is CCCCCC(CCCCC)CCOC(=O)CCCCCCCCOC1[C@@H](COC(=O)CCCN(C)C)O[C@@H](OCCCCCCCCC(=O)OCCC(CCCCC)CCCCC)[C@H]1OCCCCCCCCC(=O)OCCC(CCCCC)CCCCC. The molecule has 0 aliphatic carbocycles. The Labute approximate surface area is 555 Å². The molecular weight excluding hydrogens is 1130 g/mol. The first kappa shape index (κ1) is 85.7. The fourth-order valence-electron chi connectivity index (χ4n) is 12.6. The zero-order valence-electron chi connectivity index (χ0n) is 60.4. The topological polar surface area (TPSA) is 145 Å². The Kier molecular flexibility index (Phi) is 61.0. The highest BCUT2D eigenvalue weighted by atomic mass is 16.7. The molecule has 0 spiro atoms. The van der Waals surface area contributed by atoms with Crippen LogP contribution in [0.4, 0.5) is 0 Å². The highest BCUT2D eigenvalue weighted by molar-refractivity contribution is 5.70. The average molecular weight is 1280 g/mol. The van der Waals surface area contributed by atoms with Crippen LogP contribution in [0.15, 0.2) is 0 Å². The van der Waals surface area contributed by atoms with Crippen molar-refractivity contribution in [3.63, 3.8) is 0 Å². The van der Waals surface area contributed by atoms with Gasteiger partial charge < -0.3 is 42.8 Å². The van der Waals surface area contributed by atoms with Crippen LogP contribution in [-0.4, -0.2) is 120 Å². The first-order chi connectivity index (χ1) is 44.0. The van der Waals surface area contributed by atoms with Crippen LogP contribution in [-0.2, 0) is 57.1 Å². The summed E-state index contributed by atoms with van der Waals surface area (Å²) < 4.78 is 49.5. The van der Waals surface area contributed by atoms with Gasteiger partial charge in [-0.25, -0.2) is 0 Å². The predicted octanol–water partition coefficient (Wildman–Crippen LogP) is 20.7. The molecule has 0 saturated carbocycles. The maximum absolute atomic E-state index is 13.0. The Bertz CT molecular complexity index is 1570. The Morgan fingerprint density at radius 1 is 0.311 bits per heavy atom. The molecule has 4 atom stereocenters. The number of hydrogen-bond donors (Lipinski definition) is 0. The molecule has 0 amide bonds. The van der Waals surface area contributed by atoms with Crippen LogP contribution in [0.5, 0.6) is 0 Å². The number of carbonyl (C=O) groups excluding carboxylic acids is 4. The number of carbonyl (C=O) groups is 4. The fraction of sp³-hybridized carbons (Fsp3) is 0.948. The highest BCUT2D eigenvalue weighted by Gasteiger charge is 2.47. The smallest absolute Gasteiger partial charge is 0.305 e. The third-order valence-corrected chi connectivity index (χ3v) is 18.6. The van der Waals surface area contributed by atoms with E-state index in [9.17, 15) is 19.2 Å². The molecule has 1 rings (SSSR count). The largest absolute Gasteiger partial charge is 0.466 e. The minimum Gasteiger partial charge on any atom is -0.466 e. The van der Waals surface area contributed by atoms with Crippen LogP contribution in [0.2, 0.25) is 0 Å². The van der Waals surface area contributed by atoms with Crippen molar-refractivity contribution in [2.75, 3.05) is 66.9 Å². The standard InChI is InChI=1S/C77H147NO12/c1-9-15-33-46-67(47-34-16-10-2)56-63-83-71(79)52-39-27-21-24-30-42-60-86-75-70(66-89-74(82)55-45-59-78(7)8)90-77(88-62-44-32-26-23-29-41-54-73(81)85-65-58-69(50-37-19-13-5)51-38-20-14-6)76(75)87-61-43-31-25-22-28-40-53-72(80)84-64-57-68(48-35-17-11-3)49-36-18-12-4/h67-70,75-77H,9-66H2,1-8H3/t70-,75?,76+,77-/m1/s1. The van der Waals surface area contributed by atoms with E-state index in [1.54, 1.807) is 0 Å². The number of nitrogens with zero attached hydrogens (tertiary/aromatic N) is 1. The Balaban J connectivity index is 2.80. The number of rotatable bonds is 69. The van der Waals surface area contributed by atoms with Gasteiger partial charge in [0, 0.05) is 45.5 Å². The second-order valence-corrected chi connectivity index (χ2v) is 27.4. The van der Waals surface area contributed by atoms with Gasteiger partial charge in [0.25, 0.3) is 0 Å². The van der Waals surface area contributed by atoms with Gasteiger partial charge in [-0.15, -0.1) is 0 Å². The van der Waals surface area contributed by atoms with Gasteiger partial charge in [-0.3, -0.25) is 19.2 Å². The number of esters is 4. The predicted molar refractivity (Wildman–Crippen MR) is 372 cm³/mol. The Morgan fingerprint density at radius 2 is 0.600 bits per heavy atom. The molecule has 532 valence electrons. The van der Waals surface area contributed by atoms with Gasteiger partial charge in [-0.2, -0.15) is 0 Å². The quantitative estimate of drug-likeness (QED) is 0.0324. The normalized spacial score (nSPS) is 15.9. The summed E-state index contributed by atoms with van der Waals surface area (Å²) in [6.45, 7) is 17.6. The lowest BCUT2D eigenvalue weighted by Crippen LogP contribution is -2.40. The number of ether oxygens (including phenoxy) is 8. The second-order valence-electron chi connectivity index (χ2n) is 27.4. The van der Waals surface area contributed by atoms with Crippen molar-refractivity contribution in [3.8, 4) is 0 Å². The molecule has 0 aromatic rings. The van der Waals surface area contributed by atoms with E-state index >= 15 is 0 Å². The molecule has 1 saturated heterocycles. The molecule has 1 fully saturated rings. The first-order valence-corrected chi connectivity index (χ1v) is 38.8. The first-order valence-electron chi connectivity index (χ1n) is 38.8. The summed E-state index contributed by atoms with van der Waals surface area (Å²) in [5.41, 5.74) is 0. The zero-order valence-corrected chi connectivity index (χ0v) is 60.4. The van der Waals surface area contributed by atoms with E-state index in [0.29, 0.717) is 83.1 Å². The van der Waals surface area contributed by atoms with Gasteiger partial charge in [0.2, 0.25) is 0 Å². The summed E-state index contributed by atoms with van der Waals surface area (Å²) >= 11 is 0. The van der Waals surface area contributed by atoms with Crippen LogP contribution in [0, 0.1) is 17.8 Å². The molecule has 0 bridgehead atoms. The molecule has 90 heavy (non-hydrogen) atoms. The van der Waals surface area contributed by atoms with Gasteiger partial charge in [-0.1, -0.05) is 273 Å². The van der Waals surface area contributed by atoms with E-state index in [0.717, 1.165) is 148 Å². The van der Waals surface area contributed by atoms with E-state index in [1.807, 2.05) is 14.1 Å². The van der Waals surface area contributed by atoms with E-state index in [4.69, 9.17) is 37.9 Å². The van der Waals surface area contributed by atoms with E-state index in [-0.39, 0.29) is 30.5 Å². The zero-order chi connectivity index (χ0) is 65.6. The maximum atomic E-state index is 13.0. The summed E-state index contributed by atoms with van der Waals surface area (Å²) in [7, 11) is 4.01. The van der Waals surface area contributed by atoms with Crippen molar-refractivity contribution < 1.29 is 57.1 Å². The Morgan fingerprint density at radius 3 is 0.933 bits per heavy atom. The van der Waals surface area contributed by atoms with E-state index < -0.39 is 24.6 Å². The van der Waals surface area contributed by atoms with Crippen LogP contribution in [0.25, 0.3) is 0 Å². The molecule has 0 radical (unpaired) electrons. The van der Waals surface area contributed by atoms with E-state index in [2.05, 4.69) is 46.4 Å². The molecule has 1 heterocycles. The van der Waals surface area contributed by atoms with Crippen LogP contribution in [0.1, 0.15) is 363 Å². The second kappa shape index (κ2) is 64.0. The van der Waals surface area contributed by atoms with Gasteiger partial charge in [0.05, 0.1) is 19.8 Å². The summed E-state index contributed by atoms with van der Waals surface area (Å²) in [5.74, 6) is 1.58. The molecule has 0 aromatic heterocycles. The van der Waals surface area contributed by atoms with Crippen molar-refractivity contribution in [2.45, 2.75) is 387 Å². The molecule has 13 nitrogen and oxygen atoms in total. The van der Waals surface area contributed by atoms with Gasteiger partial charge in [0.15, 0.2) is 6.29 Å². The number of hydrogen-bond acceptors (Lipinski definition) is 13. The van der Waals surface area contributed by atoms with Crippen LogP contribution in [0.3, 0.4) is 0 Å². The van der Waals surface area contributed by atoms with E-state index in [1.165, 1.54) is 154 Å². The lowest BCUT2D eigenvalue weighted by Gasteiger charge is -2.25. The lowest BCUT2D eigenvalue weighted by molar-refractivity contribution is -0.184. The van der Waals surface area contributed by atoms with Crippen molar-refractivity contribution in [2.24, 2.45) is 17.8 Å². The molecule has 0 N–H and O–H groups in total. The highest BCUT2D eigenvalue weighted by Crippen LogP contribution is 2.30. The van der Waals surface area contributed by atoms with Gasteiger partial charge in [0.1, 0.15) is 24.9 Å². The minimum absolute atomic E-state index is 0.0560. The summed E-state index contributed by atoms with van der Waals surface area (Å²) in [4.78, 5) is 53.0. The molecular formula is C77H147NO12. The fourth-order valence-corrected chi connectivity index (χ4v) is 12.6. The molecule has 13 heteroatoms. The monoisotopic (exact) mass is 1280 g/mol. The molecule has 1 aliphatic rings. The summed E-state index contributed by atoms with van der Waals surface area (Å²) in [6.07, 6.45) is 51.3. The third kappa shape index (κ3) is 52.0. The molecule has 1 aliphatic heterocycles. The number of unbranched alkanes of at least 4 members (excludes halogenated alkanes) is 27. The summed E-state index contributed by atoms with van der Waals surface area (Å²) in [6, 6.07) is 0. The third-order valence-electron chi connectivity index (χ3n) is 18.6. The van der Waals surface area contributed by atoms with Crippen LogP contribution < -0.4 is 0 Å². The van der Waals surface area contributed by atoms with Crippen molar-refractivity contribution in [1.82, 2.24) is 4.90 Å². The maximum Gasteiger partial charge on any atom is 0.305 e. The average Bonchev–Trinajstić information content (AvgIpc) is 1.93. The van der Waals surface area contributed by atoms with Crippen molar-refractivity contribution >= 4 is 23.9 Å². The van der Waals surface area contributed by atoms with Crippen molar-refractivity contribution in [3.05, 3.63) is 0 Å². The lowest BCUT2D eigenvalue weighted by atomic mass is 9.92. The molecule has 0 aromatic carbocycles. The summed E-state index contributed by atoms with van der Waals surface area (Å²) in [5, 5.41) is 0. The van der Waals surface area contributed by atoms with Gasteiger partial charge in [-0.05, 0) is 103 Å². The molecule has 1 unspecified atom stereocenters. The van der Waals surface area contributed by atoms with Crippen LogP contribution >= 0.6 is 0 Å².